The molecule has 1 rings (SSSR count). The van der Waals surface area contributed by atoms with Gasteiger partial charge in [-0.25, -0.2) is 15.8 Å². The second-order valence-corrected chi connectivity index (χ2v) is 4.43. The fourth-order valence-electron chi connectivity index (χ4n) is 1.38. The van der Waals surface area contributed by atoms with E-state index < -0.39 is 6.10 Å². The molecule has 0 amide bonds. The van der Waals surface area contributed by atoms with E-state index >= 15 is 0 Å². The van der Waals surface area contributed by atoms with E-state index in [1.54, 1.807) is 6.92 Å². The molecule has 0 saturated carbocycles. The first kappa shape index (κ1) is 13.7. The zero-order chi connectivity index (χ0) is 13.0. The Hall–Kier alpha value is -1.40. The lowest BCUT2D eigenvalue weighted by Crippen LogP contribution is -2.26. The number of nitrogens with zero attached hydrogens (tertiary/aromatic N) is 2. The number of aromatic nitrogens is 2. The summed E-state index contributed by atoms with van der Waals surface area (Å²) in [5.41, 5.74) is 3.37. The van der Waals surface area contributed by atoms with Crippen molar-refractivity contribution in [3.05, 3.63) is 11.4 Å². The van der Waals surface area contributed by atoms with Crippen LogP contribution in [0.2, 0.25) is 0 Å². The molecule has 0 aliphatic carbocycles. The molecule has 17 heavy (non-hydrogen) atoms. The van der Waals surface area contributed by atoms with Gasteiger partial charge in [-0.1, -0.05) is 13.8 Å². The SMILES string of the molecule is Cc1nc(NN)c(C)c(NCC(O)C(C)C)n1. The smallest absolute Gasteiger partial charge is 0.148 e. The normalized spacial score (nSPS) is 12.6. The van der Waals surface area contributed by atoms with Gasteiger partial charge in [-0.05, 0) is 19.8 Å². The van der Waals surface area contributed by atoms with Crippen LogP contribution in [0.4, 0.5) is 11.6 Å². The van der Waals surface area contributed by atoms with Gasteiger partial charge in [0.15, 0.2) is 0 Å². The second kappa shape index (κ2) is 5.79. The first-order valence-electron chi connectivity index (χ1n) is 5.69. The molecule has 0 aliphatic rings. The first-order chi connectivity index (χ1) is 7.95. The zero-order valence-corrected chi connectivity index (χ0v) is 10.8. The van der Waals surface area contributed by atoms with E-state index in [0.717, 1.165) is 5.56 Å². The lowest BCUT2D eigenvalue weighted by Gasteiger charge is -2.17. The molecule has 96 valence electrons. The molecule has 1 aromatic heterocycles. The van der Waals surface area contributed by atoms with Gasteiger partial charge in [0.05, 0.1) is 6.10 Å². The van der Waals surface area contributed by atoms with Crippen LogP contribution in [0.25, 0.3) is 0 Å². The summed E-state index contributed by atoms with van der Waals surface area (Å²) >= 11 is 0. The van der Waals surface area contributed by atoms with Gasteiger partial charge >= 0.3 is 0 Å². The molecule has 1 heterocycles. The van der Waals surface area contributed by atoms with Crippen LogP contribution in [0.3, 0.4) is 0 Å². The summed E-state index contributed by atoms with van der Waals surface area (Å²) in [5.74, 6) is 7.51. The Morgan fingerprint density at radius 3 is 2.35 bits per heavy atom. The van der Waals surface area contributed by atoms with Crippen LogP contribution in [-0.4, -0.2) is 27.7 Å². The number of hydrazine groups is 1. The minimum atomic E-state index is -0.404. The molecule has 1 atom stereocenters. The van der Waals surface area contributed by atoms with Crippen molar-refractivity contribution in [3.63, 3.8) is 0 Å². The third-order valence-electron chi connectivity index (χ3n) is 2.64. The minimum Gasteiger partial charge on any atom is -0.391 e. The van der Waals surface area contributed by atoms with E-state index in [0.29, 0.717) is 24.0 Å². The van der Waals surface area contributed by atoms with Gasteiger partial charge in [0.2, 0.25) is 0 Å². The van der Waals surface area contributed by atoms with Gasteiger partial charge < -0.3 is 15.8 Å². The molecule has 0 fully saturated rings. The summed E-state index contributed by atoms with van der Waals surface area (Å²) in [6.45, 7) is 8.07. The van der Waals surface area contributed by atoms with E-state index in [1.165, 1.54) is 0 Å². The van der Waals surface area contributed by atoms with Crippen LogP contribution in [-0.2, 0) is 0 Å². The number of anilines is 2. The number of aryl methyl sites for hydroxylation is 1. The van der Waals surface area contributed by atoms with Gasteiger partial charge in [0.25, 0.3) is 0 Å². The second-order valence-electron chi connectivity index (χ2n) is 4.43. The quantitative estimate of drug-likeness (QED) is 0.448. The van der Waals surface area contributed by atoms with Gasteiger partial charge in [-0.2, -0.15) is 0 Å². The number of rotatable bonds is 5. The molecule has 0 aromatic carbocycles. The Labute approximate surface area is 102 Å². The van der Waals surface area contributed by atoms with E-state index in [4.69, 9.17) is 5.84 Å². The molecule has 0 saturated heterocycles. The highest BCUT2D eigenvalue weighted by atomic mass is 16.3. The Bertz CT molecular complexity index is 380. The Morgan fingerprint density at radius 2 is 1.82 bits per heavy atom. The third kappa shape index (κ3) is 3.54. The monoisotopic (exact) mass is 239 g/mol. The van der Waals surface area contributed by atoms with Crippen molar-refractivity contribution >= 4 is 11.6 Å². The summed E-state index contributed by atoms with van der Waals surface area (Å²) in [6.07, 6.45) is -0.404. The van der Waals surface area contributed by atoms with E-state index in [2.05, 4.69) is 20.7 Å². The standard InChI is InChI=1S/C11H21N5O/c1-6(2)9(17)5-13-10-7(3)11(16-12)15-8(4)14-10/h6,9,17H,5,12H2,1-4H3,(H2,13,14,15,16). The minimum absolute atomic E-state index is 0.206. The Kier molecular flexibility index (Phi) is 4.65. The largest absolute Gasteiger partial charge is 0.391 e. The number of aliphatic hydroxyl groups is 1. The van der Waals surface area contributed by atoms with Gasteiger partial charge in [-0.3, -0.25) is 0 Å². The van der Waals surface area contributed by atoms with E-state index in [1.807, 2.05) is 20.8 Å². The summed E-state index contributed by atoms with van der Waals surface area (Å²) in [4.78, 5) is 8.45. The molecule has 1 unspecified atom stereocenters. The number of nitrogens with one attached hydrogen (secondary N) is 2. The predicted molar refractivity (Wildman–Crippen MR) is 68.7 cm³/mol. The van der Waals surface area contributed by atoms with Crippen molar-refractivity contribution in [2.75, 3.05) is 17.3 Å². The summed E-state index contributed by atoms with van der Waals surface area (Å²) in [6, 6.07) is 0. The van der Waals surface area contributed by atoms with Crippen molar-refractivity contribution in [1.29, 1.82) is 0 Å². The highest BCUT2D eigenvalue weighted by Gasteiger charge is 2.12. The van der Waals surface area contributed by atoms with Crippen molar-refractivity contribution < 1.29 is 5.11 Å². The molecule has 1 aromatic rings. The fourth-order valence-corrected chi connectivity index (χ4v) is 1.38. The molecule has 0 radical (unpaired) electrons. The Balaban J connectivity index is 2.80. The van der Waals surface area contributed by atoms with Crippen LogP contribution in [0, 0.1) is 19.8 Å². The van der Waals surface area contributed by atoms with Crippen LogP contribution >= 0.6 is 0 Å². The fraction of sp³-hybridized carbons (Fsp3) is 0.636. The number of hydrogen-bond acceptors (Lipinski definition) is 6. The van der Waals surface area contributed by atoms with Crippen LogP contribution in [0.5, 0.6) is 0 Å². The lowest BCUT2D eigenvalue weighted by molar-refractivity contribution is 0.138. The molecule has 6 heteroatoms. The highest BCUT2D eigenvalue weighted by molar-refractivity contribution is 5.56. The predicted octanol–water partition coefficient (Wildman–Crippen LogP) is 0.808. The topological polar surface area (TPSA) is 96.1 Å². The average Bonchev–Trinajstić information content (AvgIpc) is 2.29. The average molecular weight is 239 g/mol. The van der Waals surface area contributed by atoms with E-state index in [9.17, 15) is 5.11 Å². The zero-order valence-electron chi connectivity index (χ0n) is 10.8. The van der Waals surface area contributed by atoms with Gasteiger partial charge in [0.1, 0.15) is 17.5 Å². The van der Waals surface area contributed by atoms with Crippen molar-refractivity contribution in [2.45, 2.75) is 33.8 Å². The Morgan fingerprint density at radius 1 is 1.24 bits per heavy atom. The summed E-state index contributed by atoms with van der Waals surface area (Å²) < 4.78 is 0. The van der Waals surface area contributed by atoms with Crippen molar-refractivity contribution in [3.8, 4) is 0 Å². The summed E-state index contributed by atoms with van der Waals surface area (Å²) in [5, 5.41) is 12.8. The maximum Gasteiger partial charge on any atom is 0.148 e. The first-order valence-corrected chi connectivity index (χ1v) is 5.69. The van der Waals surface area contributed by atoms with E-state index in [-0.39, 0.29) is 5.92 Å². The van der Waals surface area contributed by atoms with Gasteiger partial charge in [-0.15, -0.1) is 0 Å². The summed E-state index contributed by atoms with van der Waals surface area (Å²) in [7, 11) is 0. The molecule has 6 nitrogen and oxygen atoms in total. The molecule has 0 bridgehead atoms. The molecule has 0 spiro atoms. The number of nitrogen functional groups attached to an aromatic ring is 1. The number of aliphatic hydroxyl groups excluding tert-OH is 1. The van der Waals surface area contributed by atoms with Gasteiger partial charge in [0, 0.05) is 12.1 Å². The molecule has 5 N–H and O–H groups in total. The molecule has 0 aliphatic heterocycles. The van der Waals surface area contributed by atoms with Crippen molar-refractivity contribution in [2.24, 2.45) is 11.8 Å². The maximum atomic E-state index is 9.73. The number of nitrogens with two attached hydrogens (primary N) is 1. The van der Waals surface area contributed by atoms with Crippen LogP contribution in [0.1, 0.15) is 25.2 Å². The molecular formula is C11H21N5O. The highest BCUT2D eigenvalue weighted by Crippen LogP contribution is 2.19. The lowest BCUT2D eigenvalue weighted by atomic mass is 10.1. The maximum absolute atomic E-state index is 9.73. The van der Waals surface area contributed by atoms with Crippen LogP contribution < -0.4 is 16.6 Å². The molecular weight excluding hydrogens is 218 g/mol. The van der Waals surface area contributed by atoms with Crippen LogP contribution in [0.15, 0.2) is 0 Å². The van der Waals surface area contributed by atoms with Crippen molar-refractivity contribution in [1.82, 2.24) is 9.97 Å². The number of hydrogen-bond donors (Lipinski definition) is 4. The third-order valence-corrected chi connectivity index (χ3v) is 2.64.